The average molecular weight is 369 g/mol. The van der Waals surface area contributed by atoms with Crippen LogP contribution < -0.4 is 5.32 Å². The maximum Gasteiger partial charge on any atom is 0.223 e. The number of benzene rings is 2. The lowest BCUT2D eigenvalue weighted by atomic mass is 9.96. The molecule has 1 unspecified atom stereocenters. The first-order chi connectivity index (χ1) is 13.7. The quantitative estimate of drug-likeness (QED) is 0.437. The van der Waals surface area contributed by atoms with Crippen LogP contribution in [0.5, 0.6) is 0 Å². The predicted octanol–water partition coefficient (Wildman–Crippen LogP) is 4.38. The number of rotatable bonds is 4. The molecule has 7 nitrogen and oxygen atoms in total. The molecule has 0 aliphatic rings. The molecular formula is C21H19N7. The van der Waals surface area contributed by atoms with Gasteiger partial charge in [-0.2, -0.15) is 10.2 Å². The molecule has 0 radical (unpaired) electrons. The van der Waals surface area contributed by atoms with Gasteiger partial charge in [-0.25, -0.2) is 9.97 Å². The van der Waals surface area contributed by atoms with Crippen LogP contribution in [0.1, 0.15) is 24.1 Å². The van der Waals surface area contributed by atoms with Crippen LogP contribution in [0, 0.1) is 6.92 Å². The molecule has 0 saturated heterocycles. The van der Waals surface area contributed by atoms with Crippen molar-refractivity contribution in [2.75, 3.05) is 5.32 Å². The number of aromatic amines is 2. The van der Waals surface area contributed by atoms with Crippen LogP contribution in [0.15, 0.2) is 55.1 Å². The molecule has 0 aliphatic heterocycles. The summed E-state index contributed by atoms with van der Waals surface area (Å²) in [7, 11) is 0. The first-order valence-electron chi connectivity index (χ1n) is 9.14. The van der Waals surface area contributed by atoms with Crippen LogP contribution in [-0.2, 0) is 0 Å². The van der Waals surface area contributed by atoms with E-state index in [1.165, 1.54) is 11.1 Å². The van der Waals surface area contributed by atoms with E-state index in [2.05, 4.69) is 74.9 Å². The van der Waals surface area contributed by atoms with E-state index in [1.807, 2.05) is 18.6 Å². The first kappa shape index (κ1) is 16.4. The summed E-state index contributed by atoms with van der Waals surface area (Å²) in [6, 6.07) is 10.5. The third kappa shape index (κ3) is 2.77. The second kappa shape index (κ2) is 6.45. The molecular weight excluding hydrogens is 350 g/mol. The van der Waals surface area contributed by atoms with Crippen LogP contribution in [0.4, 0.5) is 5.95 Å². The number of aromatic nitrogens is 6. The molecule has 0 amide bonds. The van der Waals surface area contributed by atoms with Crippen molar-refractivity contribution in [3.8, 4) is 11.1 Å². The predicted molar refractivity (Wildman–Crippen MR) is 110 cm³/mol. The number of hydrogen-bond donors (Lipinski definition) is 3. The van der Waals surface area contributed by atoms with Crippen LogP contribution in [0.3, 0.4) is 0 Å². The minimum atomic E-state index is 0.0568. The lowest BCUT2D eigenvalue weighted by Crippen LogP contribution is -2.08. The summed E-state index contributed by atoms with van der Waals surface area (Å²) >= 11 is 0. The second-order valence-corrected chi connectivity index (χ2v) is 6.95. The summed E-state index contributed by atoms with van der Waals surface area (Å²) in [4.78, 5) is 9.18. The van der Waals surface area contributed by atoms with Gasteiger partial charge >= 0.3 is 0 Å². The number of nitrogens with one attached hydrogen (secondary N) is 3. The highest BCUT2D eigenvalue weighted by molar-refractivity contribution is 5.98. The van der Waals surface area contributed by atoms with Crippen LogP contribution >= 0.6 is 0 Å². The molecule has 3 aromatic heterocycles. The van der Waals surface area contributed by atoms with Crippen LogP contribution in [0.2, 0.25) is 0 Å². The fraction of sp³-hybridized carbons (Fsp3) is 0.143. The van der Waals surface area contributed by atoms with E-state index in [0.717, 1.165) is 32.9 Å². The monoisotopic (exact) mass is 369 g/mol. The minimum absolute atomic E-state index is 0.0568. The zero-order valence-electron chi connectivity index (χ0n) is 15.6. The van der Waals surface area contributed by atoms with E-state index >= 15 is 0 Å². The smallest absolute Gasteiger partial charge is 0.223 e. The molecule has 0 aliphatic carbocycles. The summed E-state index contributed by atoms with van der Waals surface area (Å²) in [6.07, 6.45) is 7.39. The number of H-pyrrole nitrogens is 2. The molecule has 1 atom stereocenters. The normalized spacial score (nSPS) is 12.5. The van der Waals surface area contributed by atoms with Crippen molar-refractivity contribution in [3.05, 3.63) is 66.2 Å². The number of fused-ring (bicyclic) bond motifs is 2. The maximum atomic E-state index is 4.73. The molecule has 0 bridgehead atoms. The largest absolute Gasteiger partial charge is 0.348 e. The molecule has 2 aromatic carbocycles. The highest BCUT2D eigenvalue weighted by Crippen LogP contribution is 2.32. The topological polar surface area (TPSA) is 95.2 Å². The van der Waals surface area contributed by atoms with Gasteiger partial charge in [-0.05, 0) is 42.7 Å². The maximum absolute atomic E-state index is 4.73. The van der Waals surface area contributed by atoms with Gasteiger partial charge in [0.15, 0.2) is 0 Å². The Bertz CT molecular complexity index is 1270. The van der Waals surface area contributed by atoms with Crippen molar-refractivity contribution in [1.29, 1.82) is 0 Å². The van der Waals surface area contributed by atoms with Crippen molar-refractivity contribution >= 4 is 27.8 Å². The highest BCUT2D eigenvalue weighted by atomic mass is 15.1. The molecule has 7 heteroatoms. The van der Waals surface area contributed by atoms with Gasteiger partial charge in [-0.15, -0.1) is 0 Å². The summed E-state index contributed by atoms with van der Waals surface area (Å²) in [5.74, 6) is 0.594. The average Bonchev–Trinajstić information content (AvgIpc) is 3.39. The minimum Gasteiger partial charge on any atom is -0.348 e. The number of hydrogen-bond acceptors (Lipinski definition) is 5. The van der Waals surface area contributed by atoms with Gasteiger partial charge in [0, 0.05) is 28.7 Å². The van der Waals surface area contributed by atoms with E-state index in [9.17, 15) is 0 Å². The van der Waals surface area contributed by atoms with Crippen molar-refractivity contribution in [1.82, 2.24) is 30.4 Å². The Kier molecular flexibility index (Phi) is 3.79. The van der Waals surface area contributed by atoms with Gasteiger partial charge in [-0.1, -0.05) is 18.2 Å². The Labute approximate surface area is 161 Å². The molecule has 3 N–H and O–H groups in total. The van der Waals surface area contributed by atoms with E-state index in [-0.39, 0.29) is 6.04 Å². The summed E-state index contributed by atoms with van der Waals surface area (Å²) in [5.41, 5.74) is 6.47. The zero-order valence-corrected chi connectivity index (χ0v) is 15.6. The van der Waals surface area contributed by atoms with Gasteiger partial charge in [0.2, 0.25) is 5.95 Å². The van der Waals surface area contributed by atoms with Crippen molar-refractivity contribution in [2.45, 2.75) is 19.9 Å². The SMILES string of the molecule is Cc1ccc2[nH]ncc2c1-c1ccc2cnc(NC(C)c3cn[nH]c3)nc2c1. The lowest BCUT2D eigenvalue weighted by Gasteiger charge is -2.13. The van der Waals surface area contributed by atoms with Gasteiger partial charge in [-0.3, -0.25) is 10.2 Å². The Morgan fingerprint density at radius 3 is 2.82 bits per heavy atom. The van der Waals surface area contributed by atoms with E-state index < -0.39 is 0 Å². The Morgan fingerprint density at radius 2 is 1.96 bits per heavy atom. The van der Waals surface area contributed by atoms with Crippen molar-refractivity contribution in [3.63, 3.8) is 0 Å². The summed E-state index contributed by atoms with van der Waals surface area (Å²) in [5, 5.41) is 19.5. The van der Waals surface area contributed by atoms with Gasteiger partial charge in [0.25, 0.3) is 0 Å². The molecule has 0 saturated carbocycles. The third-order valence-corrected chi connectivity index (χ3v) is 5.07. The molecule has 28 heavy (non-hydrogen) atoms. The number of aryl methyl sites for hydroxylation is 1. The zero-order chi connectivity index (χ0) is 19.1. The molecule has 3 heterocycles. The molecule has 0 fully saturated rings. The van der Waals surface area contributed by atoms with Crippen molar-refractivity contribution in [2.24, 2.45) is 0 Å². The summed E-state index contributed by atoms with van der Waals surface area (Å²) in [6.45, 7) is 4.17. The lowest BCUT2D eigenvalue weighted by molar-refractivity contribution is 0.865. The number of anilines is 1. The van der Waals surface area contributed by atoms with E-state index in [4.69, 9.17) is 4.98 Å². The van der Waals surface area contributed by atoms with E-state index in [0.29, 0.717) is 5.95 Å². The summed E-state index contributed by atoms with van der Waals surface area (Å²) < 4.78 is 0. The van der Waals surface area contributed by atoms with Gasteiger partial charge < -0.3 is 5.32 Å². The molecule has 5 aromatic rings. The van der Waals surface area contributed by atoms with E-state index in [1.54, 1.807) is 6.20 Å². The van der Waals surface area contributed by atoms with Crippen LogP contribution in [0.25, 0.3) is 32.9 Å². The Morgan fingerprint density at radius 1 is 1.04 bits per heavy atom. The molecule has 0 spiro atoms. The Hall–Kier alpha value is -3.74. The first-order valence-corrected chi connectivity index (χ1v) is 9.14. The van der Waals surface area contributed by atoms with Gasteiger partial charge in [0.05, 0.1) is 29.5 Å². The highest BCUT2D eigenvalue weighted by Gasteiger charge is 2.12. The fourth-order valence-electron chi connectivity index (χ4n) is 3.53. The van der Waals surface area contributed by atoms with Gasteiger partial charge in [0.1, 0.15) is 0 Å². The fourth-order valence-corrected chi connectivity index (χ4v) is 3.53. The third-order valence-electron chi connectivity index (χ3n) is 5.07. The second-order valence-electron chi connectivity index (χ2n) is 6.95. The molecule has 5 rings (SSSR count). The standard InChI is InChI=1S/C21H19N7/c1-12-3-6-18-17(11-25-28-18)20(12)14-4-5-15-8-22-21(27-19(15)7-14)26-13(2)16-9-23-24-10-16/h3-11,13H,1-2H3,(H,23,24)(H,25,28)(H,22,26,27). The number of nitrogens with zero attached hydrogens (tertiary/aromatic N) is 4. The molecule has 138 valence electrons. The van der Waals surface area contributed by atoms with Crippen molar-refractivity contribution < 1.29 is 0 Å². The Balaban J connectivity index is 1.56. The van der Waals surface area contributed by atoms with Crippen LogP contribution in [-0.4, -0.2) is 30.4 Å².